The minimum atomic E-state index is -0.450. The fourth-order valence-corrected chi connectivity index (χ4v) is 2.96. The summed E-state index contributed by atoms with van der Waals surface area (Å²) in [7, 11) is 0. The second kappa shape index (κ2) is 10.3. The lowest BCUT2D eigenvalue weighted by atomic mass is 10.2. The van der Waals surface area contributed by atoms with Gasteiger partial charge >= 0.3 is 0 Å². The summed E-state index contributed by atoms with van der Waals surface area (Å²) in [5.74, 6) is -0.618. The lowest BCUT2D eigenvalue weighted by molar-refractivity contribution is -0.119. The third-order valence-corrected chi connectivity index (χ3v) is 4.33. The van der Waals surface area contributed by atoms with Crippen LogP contribution in [0.25, 0.3) is 0 Å². The van der Waals surface area contributed by atoms with E-state index in [1.54, 1.807) is 37.3 Å². The number of nitrogens with one attached hydrogen (secondary N) is 4. The molecule has 0 fully saturated rings. The van der Waals surface area contributed by atoms with E-state index in [1.807, 2.05) is 0 Å². The lowest BCUT2D eigenvalue weighted by Crippen LogP contribution is -2.34. The molecule has 0 saturated heterocycles. The first-order valence-corrected chi connectivity index (χ1v) is 9.64. The number of hydrogen-bond donors (Lipinski definition) is 4. The van der Waals surface area contributed by atoms with Gasteiger partial charge in [-0.05, 0) is 66.9 Å². The average molecular weight is 455 g/mol. The largest absolute Gasteiger partial charge is 0.332 e. The Balaban J connectivity index is 1.91. The minimum Gasteiger partial charge on any atom is -0.332 e. The molecule has 0 radical (unpaired) electrons. The second-order valence-electron chi connectivity index (χ2n) is 5.47. The normalized spacial score (nSPS) is 9.96. The van der Waals surface area contributed by atoms with Gasteiger partial charge in [0.25, 0.3) is 5.91 Å². The van der Waals surface area contributed by atoms with Crippen LogP contribution in [0.4, 0.5) is 11.4 Å². The number of amides is 2. The van der Waals surface area contributed by atoms with Crippen LogP contribution in [0.2, 0.25) is 10.0 Å². The molecule has 6 nitrogen and oxygen atoms in total. The zero-order valence-electron chi connectivity index (χ0n) is 14.6. The van der Waals surface area contributed by atoms with Crippen LogP contribution in [-0.4, -0.2) is 22.0 Å². The van der Waals surface area contributed by atoms with Crippen molar-refractivity contribution < 1.29 is 9.59 Å². The number of thiocarbonyl (C=S) groups is 2. The van der Waals surface area contributed by atoms with Crippen LogP contribution >= 0.6 is 47.6 Å². The maximum Gasteiger partial charge on any atom is 0.258 e. The summed E-state index contributed by atoms with van der Waals surface area (Å²) in [4.78, 5) is 23.5. The Hall–Kier alpha value is -2.26. The number of hydrogen-bond acceptors (Lipinski definition) is 4. The van der Waals surface area contributed by atoms with Crippen molar-refractivity contribution in [3.8, 4) is 0 Å². The van der Waals surface area contributed by atoms with E-state index < -0.39 is 5.91 Å². The monoisotopic (exact) mass is 454 g/mol. The van der Waals surface area contributed by atoms with Crippen molar-refractivity contribution in [2.45, 2.75) is 13.3 Å². The summed E-state index contributed by atoms with van der Waals surface area (Å²) < 4.78 is 0. The fourth-order valence-electron chi connectivity index (χ4n) is 2.02. The molecule has 4 N–H and O–H groups in total. The van der Waals surface area contributed by atoms with E-state index in [0.29, 0.717) is 22.8 Å². The highest BCUT2D eigenvalue weighted by Crippen LogP contribution is 2.21. The SMILES string of the molecule is CCC(=O)NC(=S)Nc1ccc(NC(=S)NC(=O)c2ccc(Cl)cc2Cl)cc1. The Morgan fingerprint density at radius 3 is 1.93 bits per heavy atom. The molecule has 146 valence electrons. The predicted molar refractivity (Wildman–Crippen MR) is 121 cm³/mol. The van der Waals surface area contributed by atoms with Crippen molar-refractivity contribution in [1.82, 2.24) is 10.6 Å². The van der Waals surface area contributed by atoms with Gasteiger partial charge in [0.1, 0.15) is 0 Å². The van der Waals surface area contributed by atoms with Gasteiger partial charge < -0.3 is 16.0 Å². The molecule has 0 aliphatic heterocycles. The molecule has 0 aromatic heterocycles. The Kier molecular flexibility index (Phi) is 8.13. The maximum absolute atomic E-state index is 12.2. The molecule has 2 aromatic carbocycles. The van der Waals surface area contributed by atoms with Gasteiger partial charge in [0, 0.05) is 22.8 Å². The summed E-state index contributed by atoms with van der Waals surface area (Å²) in [5.41, 5.74) is 1.61. The molecular formula is C18H16Cl2N4O2S2. The van der Waals surface area contributed by atoms with Crippen molar-refractivity contribution in [3.05, 3.63) is 58.1 Å². The zero-order valence-corrected chi connectivity index (χ0v) is 17.8. The highest BCUT2D eigenvalue weighted by atomic mass is 35.5. The van der Waals surface area contributed by atoms with Gasteiger partial charge in [0.2, 0.25) is 5.91 Å². The minimum absolute atomic E-state index is 0.113. The first kappa shape index (κ1) is 22.0. The van der Waals surface area contributed by atoms with Crippen LogP contribution in [0, 0.1) is 0 Å². The third-order valence-electron chi connectivity index (χ3n) is 3.38. The summed E-state index contributed by atoms with van der Waals surface area (Å²) >= 11 is 22.0. The molecule has 28 heavy (non-hydrogen) atoms. The van der Waals surface area contributed by atoms with Crippen LogP contribution in [0.5, 0.6) is 0 Å². The van der Waals surface area contributed by atoms with Gasteiger partial charge in [-0.3, -0.25) is 14.9 Å². The zero-order chi connectivity index (χ0) is 20.7. The summed E-state index contributed by atoms with van der Waals surface area (Å²) in [6, 6.07) is 11.5. The van der Waals surface area contributed by atoms with E-state index in [4.69, 9.17) is 47.6 Å². The number of halogens is 2. The molecule has 0 saturated carbocycles. The van der Waals surface area contributed by atoms with E-state index in [-0.39, 0.29) is 26.7 Å². The number of carbonyl (C=O) groups excluding carboxylic acids is 2. The fraction of sp³-hybridized carbons (Fsp3) is 0.111. The second-order valence-corrected chi connectivity index (χ2v) is 7.13. The summed E-state index contributed by atoms with van der Waals surface area (Å²) in [5, 5.41) is 11.9. The van der Waals surface area contributed by atoms with Gasteiger partial charge in [-0.2, -0.15) is 0 Å². The van der Waals surface area contributed by atoms with E-state index in [2.05, 4.69) is 21.3 Å². The molecule has 10 heteroatoms. The van der Waals surface area contributed by atoms with E-state index in [1.165, 1.54) is 12.1 Å². The number of carbonyl (C=O) groups is 2. The molecular weight excluding hydrogens is 439 g/mol. The smallest absolute Gasteiger partial charge is 0.258 e. The molecule has 0 aliphatic carbocycles. The van der Waals surface area contributed by atoms with E-state index in [9.17, 15) is 9.59 Å². The molecule has 0 bridgehead atoms. The van der Waals surface area contributed by atoms with Crippen molar-refractivity contribution in [1.29, 1.82) is 0 Å². The van der Waals surface area contributed by atoms with Gasteiger partial charge in [0.15, 0.2) is 10.2 Å². The van der Waals surface area contributed by atoms with Crippen molar-refractivity contribution in [3.63, 3.8) is 0 Å². The summed E-state index contributed by atoms with van der Waals surface area (Å²) in [6.45, 7) is 1.74. The van der Waals surface area contributed by atoms with Crippen molar-refractivity contribution in [2.75, 3.05) is 10.6 Å². The highest BCUT2D eigenvalue weighted by Gasteiger charge is 2.12. The van der Waals surface area contributed by atoms with Gasteiger partial charge in [-0.15, -0.1) is 0 Å². The molecule has 2 rings (SSSR count). The number of benzene rings is 2. The quantitative estimate of drug-likeness (QED) is 0.514. The van der Waals surface area contributed by atoms with Crippen molar-refractivity contribution >= 4 is 81.1 Å². The Labute approximate surface area is 183 Å². The Bertz CT molecular complexity index is 920. The molecule has 0 atom stereocenters. The van der Waals surface area contributed by atoms with Gasteiger partial charge in [-0.1, -0.05) is 30.1 Å². The standard InChI is InChI=1S/C18H16Cl2N4O2S2/c1-2-15(25)23-17(27)21-11-4-6-12(7-5-11)22-18(28)24-16(26)13-8-3-10(19)9-14(13)20/h3-9H,2H2,1H3,(H2,21,23,25,27)(H2,22,24,26,28). The number of rotatable bonds is 4. The molecule has 0 heterocycles. The van der Waals surface area contributed by atoms with Crippen LogP contribution in [-0.2, 0) is 4.79 Å². The van der Waals surface area contributed by atoms with E-state index >= 15 is 0 Å². The van der Waals surface area contributed by atoms with Gasteiger partial charge in [-0.25, -0.2) is 0 Å². The first-order chi connectivity index (χ1) is 13.3. The third kappa shape index (κ3) is 6.72. The predicted octanol–water partition coefficient (Wildman–Crippen LogP) is 4.34. The van der Waals surface area contributed by atoms with E-state index in [0.717, 1.165) is 0 Å². The summed E-state index contributed by atoms with van der Waals surface area (Å²) in [6.07, 6.45) is 0.342. The average Bonchev–Trinajstić information content (AvgIpc) is 2.62. The molecule has 2 aromatic rings. The molecule has 0 unspecified atom stereocenters. The maximum atomic E-state index is 12.2. The van der Waals surface area contributed by atoms with Crippen LogP contribution in [0.3, 0.4) is 0 Å². The molecule has 2 amide bonds. The highest BCUT2D eigenvalue weighted by molar-refractivity contribution is 7.80. The topological polar surface area (TPSA) is 82.3 Å². The van der Waals surface area contributed by atoms with Crippen LogP contribution in [0.1, 0.15) is 23.7 Å². The van der Waals surface area contributed by atoms with Gasteiger partial charge in [0.05, 0.1) is 10.6 Å². The lowest BCUT2D eigenvalue weighted by Gasteiger charge is -2.12. The first-order valence-electron chi connectivity index (χ1n) is 8.06. The van der Waals surface area contributed by atoms with Crippen LogP contribution < -0.4 is 21.3 Å². The van der Waals surface area contributed by atoms with Crippen LogP contribution in [0.15, 0.2) is 42.5 Å². The Morgan fingerprint density at radius 1 is 0.893 bits per heavy atom. The number of anilines is 2. The Morgan fingerprint density at radius 2 is 1.43 bits per heavy atom. The molecule has 0 aliphatic rings. The van der Waals surface area contributed by atoms with Crippen molar-refractivity contribution in [2.24, 2.45) is 0 Å². The molecule has 0 spiro atoms.